The van der Waals surface area contributed by atoms with E-state index in [4.69, 9.17) is 0 Å². The molecule has 2 nitrogen and oxygen atoms in total. The second-order valence-electron chi connectivity index (χ2n) is 3.42. The van der Waals surface area contributed by atoms with Crippen LogP contribution < -0.4 is 4.74 Å². The molecular weight excluding hydrogens is 265 g/mol. The van der Waals surface area contributed by atoms with E-state index in [-0.39, 0.29) is 5.56 Å². The van der Waals surface area contributed by atoms with E-state index in [0.29, 0.717) is 24.0 Å². The van der Waals surface area contributed by atoms with E-state index in [2.05, 4.69) is 17.4 Å². The molecule has 0 aromatic heterocycles. The number of allylic oxidation sites excluding steroid dienone is 1. The van der Waals surface area contributed by atoms with E-state index < -0.39 is 12.1 Å². The number of carbonyl (C=O) groups is 1. The highest BCUT2D eigenvalue weighted by molar-refractivity contribution is 7.80. The molecule has 0 saturated carbocycles. The Labute approximate surface area is 108 Å². The molecule has 0 saturated heterocycles. The fourth-order valence-electron chi connectivity index (χ4n) is 1.30. The molecule has 1 aromatic carbocycles. The van der Waals surface area contributed by atoms with Crippen molar-refractivity contribution in [3.63, 3.8) is 0 Å². The Bertz CT molecular complexity index is 441. The van der Waals surface area contributed by atoms with Crippen LogP contribution >= 0.6 is 12.6 Å². The lowest BCUT2D eigenvalue weighted by Crippen LogP contribution is -2.17. The van der Waals surface area contributed by atoms with E-state index in [0.717, 1.165) is 6.07 Å². The highest BCUT2D eigenvalue weighted by Gasteiger charge is 2.31. The summed E-state index contributed by atoms with van der Waals surface area (Å²) in [4.78, 5) is 10.6. The number of carbonyl (C=O) groups excluding carboxylic acids is 1. The monoisotopic (exact) mass is 276 g/mol. The highest BCUT2D eigenvalue weighted by atomic mass is 32.1. The summed E-state index contributed by atoms with van der Waals surface area (Å²) in [7, 11) is 0. The van der Waals surface area contributed by atoms with E-state index in [1.54, 1.807) is 12.2 Å². The number of benzene rings is 1. The first kappa shape index (κ1) is 14.6. The van der Waals surface area contributed by atoms with Crippen molar-refractivity contribution in [2.24, 2.45) is 0 Å². The molecular formula is C12H11F3O2S. The summed E-state index contributed by atoms with van der Waals surface area (Å²) in [5.74, 6) is 0.230. The lowest BCUT2D eigenvalue weighted by Gasteiger charge is -2.09. The Hall–Kier alpha value is -1.43. The fraction of sp³-hybridized carbons (Fsp3) is 0.250. The zero-order valence-corrected chi connectivity index (χ0v) is 10.2. The second-order valence-corrected chi connectivity index (χ2v) is 3.86. The summed E-state index contributed by atoms with van der Waals surface area (Å²) in [5.41, 5.74) is 0.600. The van der Waals surface area contributed by atoms with Crippen molar-refractivity contribution in [2.45, 2.75) is 12.8 Å². The number of alkyl halides is 3. The molecule has 0 unspecified atom stereocenters. The average Bonchev–Trinajstić information content (AvgIpc) is 2.26. The normalized spacial score (nSPS) is 11.8. The molecule has 0 bridgehead atoms. The third-order valence-corrected chi connectivity index (χ3v) is 2.19. The molecule has 0 heterocycles. The number of halogens is 3. The minimum Gasteiger partial charge on any atom is -0.406 e. The maximum Gasteiger partial charge on any atom is 0.573 e. The summed E-state index contributed by atoms with van der Waals surface area (Å²) >= 11 is 4.00. The van der Waals surface area contributed by atoms with Gasteiger partial charge in [-0.3, -0.25) is 4.79 Å². The first-order valence-corrected chi connectivity index (χ1v) is 5.71. The predicted octanol–water partition coefficient (Wildman–Crippen LogP) is 3.73. The van der Waals surface area contributed by atoms with Crippen molar-refractivity contribution >= 4 is 25.0 Å². The lowest BCUT2D eigenvalue weighted by atomic mass is 10.1. The smallest absolute Gasteiger partial charge is 0.406 e. The van der Waals surface area contributed by atoms with Crippen molar-refractivity contribution < 1.29 is 22.7 Å². The van der Waals surface area contributed by atoms with Gasteiger partial charge in [0.15, 0.2) is 0 Å². The summed E-state index contributed by atoms with van der Waals surface area (Å²) in [6.07, 6.45) is -0.239. The molecule has 1 rings (SSSR count). The minimum absolute atomic E-state index is 0.127. The molecule has 0 aliphatic rings. The third kappa shape index (κ3) is 5.27. The molecule has 0 fully saturated rings. The molecule has 0 atom stereocenters. The maximum absolute atomic E-state index is 12.1. The molecule has 1 aromatic rings. The van der Waals surface area contributed by atoms with Gasteiger partial charge in [-0.1, -0.05) is 12.2 Å². The number of aldehydes is 1. The van der Waals surface area contributed by atoms with Crippen molar-refractivity contribution in [1.29, 1.82) is 0 Å². The van der Waals surface area contributed by atoms with E-state index in [9.17, 15) is 18.0 Å². The summed E-state index contributed by atoms with van der Waals surface area (Å²) in [6, 6.07) is 3.73. The number of hydrogen-bond donors (Lipinski definition) is 1. The molecule has 0 amide bonds. The van der Waals surface area contributed by atoms with Crippen LogP contribution in [0, 0.1) is 0 Å². The zero-order chi connectivity index (χ0) is 13.6. The molecule has 0 spiro atoms. The Morgan fingerprint density at radius 3 is 2.44 bits per heavy atom. The Morgan fingerprint density at radius 1 is 1.22 bits per heavy atom. The standard InChI is InChI=1S/C12H11F3O2S/c13-12(14,15)17-11-6-9(3-1-2-4-18)5-10(7-11)8-16/h1,3,5-8,18H,2,4H2. The average molecular weight is 276 g/mol. The van der Waals surface area contributed by atoms with Crippen LogP contribution in [0.4, 0.5) is 13.2 Å². The van der Waals surface area contributed by atoms with Gasteiger partial charge in [-0.25, -0.2) is 0 Å². The number of ether oxygens (including phenoxy) is 1. The Balaban J connectivity index is 2.98. The van der Waals surface area contributed by atoms with Gasteiger partial charge in [-0.2, -0.15) is 12.6 Å². The van der Waals surface area contributed by atoms with Gasteiger partial charge in [-0.15, -0.1) is 13.2 Å². The maximum atomic E-state index is 12.1. The van der Waals surface area contributed by atoms with Crippen LogP contribution in [0.25, 0.3) is 6.08 Å². The van der Waals surface area contributed by atoms with Gasteiger partial charge in [0.2, 0.25) is 0 Å². The molecule has 0 radical (unpaired) electrons. The zero-order valence-electron chi connectivity index (χ0n) is 9.28. The van der Waals surface area contributed by atoms with Crippen LogP contribution in [0.3, 0.4) is 0 Å². The van der Waals surface area contributed by atoms with Crippen LogP contribution in [0.5, 0.6) is 5.75 Å². The first-order valence-electron chi connectivity index (χ1n) is 5.08. The predicted molar refractivity (Wildman–Crippen MR) is 66.0 cm³/mol. The van der Waals surface area contributed by atoms with Gasteiger partial charge < -0.3 is 4.74 Å². The van der Waals surface area contributed by atoms with E-state index in [1.807, 2.05) is 0 Å². The Morgan fingerprint density at radius 2 is 1.89 bits per heavy atom. The van der Waals surface area contributed by atoms with Crippen LogP contribution in [-0.4, -0.2) is 18.4 Å². The quantitative estimate of drug-likeness (QED) is 0.655. The van der Waals surface area contributed by atoms with Gasteiger partial charge in [0.25, 0.3) is 0 Å². The first-order chi connectivity index (χ1) is 8.44. The van der Waals surface area contributed by atoms with Crippen LogP contribution in [-0.2, 0) is 0 Å². The van der Waals surface area contributed by atoms with Crippen molar-refractivity contribution in [1.82, 2.24) is 0 Å². The minimum atomic E-state index is -4.77. The van der Waals surface area contributed by atoms with Gasteiger partial charge in [0, 0.05) is 5.56 Å². The van der Waals surface area contributed by atoms with Crippen molar-refractivity contribution in [2.75, 3.05) is 5.75 Å². The molecule has 0 N–H and O–H groups in total. The van der Waals surface area contributed by atoms with Gasteiger partial charge in [-0.05, 0) is 35.9 Å². The van der Waals surface area contributed by atoms with Gasteiger partial charge >= 0.3 is 6.36 Å². The second kappa shape index (κ2) is 6.49. The molecule has 18 heavy (non-hydrogen) atoms. The fourth-order valence-corrected chi connectivity index (χ4v) is 1.45. The van der Waals surface area contributed by atoms with Crippen molar-refractivity contribution in [3.05, 3.63) is 35.4 Å². The van der Waals surface area contributed by atoms with Crippen LogP contribution in [0.2, 0.25) is 0 Å². The van der Waals surface area contributed by atoms with Gasteiger partial charge in [0.05, 0.1) is 0 Å². The van der Waals surface area contributed by atoms with Crippen LogP contribution in [0.15, 0.2) is 24.3 Å². The SMILES string of the molecule is O=Cc1cc(C=CCCS)cc(OC(F)(F)F)c1. The number of rotatable bonds is 5. The molecule has 98 valence electrons. The molecule has 6 heteroatoms. The number of thiol groups is 1. The number of hydrogen-bond acceptors (Lipinski definition) is 3. The third-order valence-electron chi connectivity index (χ3n) is 1.93. The Kier molecular flexibility index (Phi) is 5.27. The molecule has 0 aliphatic heterocycles. The van der Waals surface area contributed by atoms with Crippen molar-refractivity contribution in [3.8, 4) is 5.75 Å². The summed E-state index contributed by atoms with van der Waals surface area (Å²) in [5, 5.41) is 0. The van der Waals surface area contributed by atoms with Crippen LogP contribution in [0.1, 0.15) is 22.3 Å². The summed E-state index contributed by atoms with van der Waals surface area (Å²) in [6.45, 7) is 0. The van der Waals surface area contributed by atoms with Gasteiger partial charge in [0.1, 0.15) is 12.0 Å². The topological polar surface area (TPSA) is 26.3 Å². The van der Waals surface area contributed by atoms with E-state index in [1.165, 1.54) is 12.1 Å². The lowest BCUT2D eigenvalue weighted by molar-refractivity contribution is -0.274. The summed E-state index contributed by atoms with van der Waals surface area (Å²) < 4.78 is 40.0. The highest BCUT2D eigenvalue weighted by Crippen LogP contribution is 2.25. The molecule has 0 aliphatic carbocycles. The largest absolute Gasteiger partial charge is 0.573 e. The van der Waals surface area contributed by atoms with E-state index >= 15 is 0 Å².